The van der Waals surface area contributed by atoms with Gasteiger partial charge in [0, 0.05) is 10.0 Å². The van der Waals surface area contributed by atoms with Gasteiger partial charge in [-0.25, -0.2) is 0 Å². The fourth-order valence-electron chi connectivity index (χ4n) is 2.25. The molecule has 0 aromatic heterocycles. The molecule has 2 aromatic carbocycles. The maximum absolute atomic E-state index is 6.12. The number of benzene rings is 2. The number of nitrogens with one attached hydrogen (secondary N) is 1. The van der Waals surface area contributed by atoms with Crippen molar-refractivity contribution in [3.05, 3.63) is 69.2 Å². The number of aryl methyl sites for hydroxylation is 1. The first-order chi connectivity index (χ1) is 9.61. The molecule has 0 amide bonds. The van der Waals surface area contributed by atoms with Gasteiger partial charge >= 0.3 is 0 Å². The Morgan fingerprint density at radius 2 is 1.80 bits per heavy atom. The van der Waals surface area contributed by atoms with Crippen molar-refractivity contribution in [3.63, 3.8) is 0 Å². The standard InChI is InChI=1S/C17H19Cl2N/c1-3-9-20-17(13-5-4-6-15(18)11-13)14-7-8-16(19)12(2)10-14/h4-8,10-11,17,20H,3,9H2,1-2H3. The maximum Gasteiger partial charge on any atom is 0.0577 e. The summed E-state index contributed by atoms with van der Waals surface area (Å²) in [6.45, 7) is 5.15. The summed E-state index contributed by atoms with van der Waals surface area (Å²) in [5, 5.41) is 5.13. The molecule has 106 valence electrons. The summed E-state index contributed by atoms with van der Waals surface area (Å²) < 4.78 is 0. The number of hydrogen-bond acceptors (Lipinski definition) is 1. The molecular weight excluding hydrogens is 289 g/mol. The Kier molecular flexibility index (Phi) is 5.47. The molecular formula is C17H19Cl2N. The highest BCUT2D eigenvalue weighted by atomic mass is 35.5. The van der Waals surface area contributed by atoms with Crippen LogP contribution in [0.3, 0.4) is 0 Å². The second kappa shape index (κ2) is 7.12. The fraction of sp³-hybridized carbons (Fsp3) is 0.294. The largest absolute Gasteiger partial charge is 0.306 e. The Balaban J connectivity index is 2.38. The van der Waals surface area contributed by atoms with Crippen molar-refractivity contribution in [2.45, 2.75) is 26.3 Å². The molecule has 0 saturated carbocycles. The lowest BCUT2D eigenvalue weighted by Gasteiger charge is -2.20. The third-order valence-electron chi connectivity index (χ3n) is 3.30. The Bertz CT molecular complexity index is 581. The van der Waals surface area contributed by atoms with Gasteiger partial charge in [0.05, 0.1) is 6.04 Å². The van der Waals surface area contributed by atoms with E-state index in [1.165, 1.54) is 11.1 Å². The molecule has 0 radical (unpaired) electrons. The van der Waals surface area contributed by atoms with E-state index in [9.17, 15) is 0 Å². The summed E-state index contributed by atoms with van der Waals surface area (Å²) in [5.74, 6) is 0. The average Bonchev–Trinajstić information content (AvgIpc) is 2.43. The third kappa shape index (κ3) is 3.76. The number of halogens is 2. The lowest BCUT2D eigenvalue weighted by molar-refractivity contribution is 0.598. The van der Waals surface area contributed by atoms with Gasteiger partial charge < -0.3 is 5.32 Å². The highest BCUT2D eigenvalue weighted by Crippen LogP contribution is 2.27. The fourth-order valence-corrected chi connectivity index (χ4v) is 2.57. The van der Waals surface area contributed by atoms with Crippen molar-refractivity contribution in [3.8, 4) is 0 Å². The van der Waals surface area contributed by atoms with E-state index in [2.05, 4.69) is 30.4 Å². The minimum Gasteiger partial charge on any atom is -0.306 e. The third-order valence-corrected chi connectivity index (χ3v) is 3.95. The topological polar surface area (TPSA) is 12.0 Å². The summed E-state index contributed by atoms with van der Waals surface area (Å²) in [7, 11) is 0. The summed E-state index contributed by atoms with van der Waals surface area (Å²) in [5.41, 5.74) is 3.48. The van der Waals surface area contributed by atoms with Crippen LogP contribution in [0.1, 0.15) is 36.1 Å². The van der Waals surface area contributed by atoms with Crippen LogP contribution in [0, 0.1) is 6.92 Å². The van der Waals surface area contributed by atoms with E-state index >= 15 is 0 Å². The van der Waals surface area contributed by atoms with E-state index in [0.717, 1.165) is 28.6 Å². The molecule has 0 fully saturated rings. The predicted molar refractivity (Wildman–Crippen MR) is 87.8 cm³/mol. The molecule has 1 nitrogen and oxygen atoms in total. The summed E-state index contributed by atoms with van der Waals surface area (Å²) in [6.07, 6.45) is 1.09. The number of rotatable bonds is 5. The lowest BCUT2D eigenvalue weighted by Crippen LogP contribution is -2.23. The van der Waals surface area contributed by atoms with Gasteiger partial charge in [0.15, 0.2) is 0 Å². The maximum atomic E-state index is 6.12. The van der Waals surface area contributed by atoms with Crippen LogP contribution < -0.4 is 5.32 Å². The molecule has 0 aliphatic rings. The molecule has 0 aliphatic carbocycles. The van der Waals surface area contributed by atoms with Gasteiger partial charge in [-0.1, -0.05) is 54.4 Å². The SMILES string of the molecule is CCCNC(c1cccc(Cl)c1)c1ccc(Cl)c(C)c1. The van der Waals surface area contributed by atoms with Crippen molar-refractivity contribution in [2.75, 3.05) is 6.54 Å². The van der Waals surface area contributed by atoms with Gasteiger partial charge in [0.2, 0.25) is 0 Å². The monoisotopic (exact) mass is 307 g/mol. The zero-order valence-corrected chi connectivity index (χ0v) is 13.3. The first-order valence-electron chi connectivity index (χ1n) is 6.86. The van der Waals surface area contributed by atoms with E-state index in [-0.39, 0.29) is 6.04 Å². The van der Waals surface area contributed by atoms with Crippen LogP contribution in [0.4, 0.5) is 0 Å². The first kappa shape index (κ1) is 15.4. The molecule has 3 heteroatoms. The Labute approximate surface area is 130 Å². The Morgan fingerprint density at radius 3 is 2.45 bits per heavy atom. The minimum atomic E-state index is 0.143. The summed E-state index contributed by atoms with van der Waals surface area (Å²) in [4.78, 5) is 0. The van der Waals surface area contributed by atoms with E-state index in [1.807, 2.05) is 31.2 Å². The second-order valence-corrected chi connectivity index (χ2v) is 5.79. The normalized spacial score (nSPS) is 12.4. The Morgan fingerprint density at radius 1 is 1.05 bits per heavy atom. The zero-order valence-electron chi connectivity index (χ0n) is 11.8. The Hall–Kier alpha value is -1.02. The van der Waals surface area contributed by atoms with Crippen LogP contribution in [0.25, 0.3) is 0 Å². The summed E-state index contributed by atoms with van der Waals surface area (Å²) in [6, 6.07) is 14.3. The zero-order chi connectivity index (χ0) is 14.5. The van der Waals surface area contributed by atoms with E-state index in [0.29, 0.717) is 0 Å². The van der Waals surface area contributed by atoms with Crippen LogP contribution in [0.5, 0.6) is 0 Å². The van der Waals surface area contributed by atoms with Gasteiger partial charge in [-0.3, -0.25) is 0 Å². The minimum absolute atomic E-state index is 0.143. The molecule has 1 N–H and O–H groups in total. The van der Waals surface area contributed by atoms with Crippen LogP contribution in [0.15, 0.2) is 42.5 Å². The molecule has 2 aromatic rings. The van der Waals surface area contributed by atoms with Gasteiger partial charge in [0.1, 0.15) is 0 Å². The highest BCUT2D eigenvalue weighted by molar-refractivity contribution is 6.31. The van der Waals surface area contributed by atoms with Gasteiger partial charge in [0.25, 0.3) is 0 Å². The molecule has 0 saturated heterocycles. The second-order valence-electron chi connectivity index (χ2n) is 4.95. The van der Waals surface area contributed by atoms with Crippen LogP contribution in [-0.2, 0) is 0 Å². The molecule has 1 unspecified atom stereocenters. The summed E-state index contributed by atoms with van der Waals surface area (Å²) >= 11 is 12.2. The van der Waals surface area contributed by atoms with Crippen molar-refractivity contribution in [1.29, 1.82) is 0 Å². The molecule has 0 spiro atoms. The molecule has 0 bridgehead atoms. The highest BCUT2D eigenvalue weighted by Gasteiger charge is 2.14. The van der Waals surface area contributed by atoms with E-state index in [1.54, 1.807) is 0 Å². The van der Waals surface area contributed by atoms with Crippen molar-refractivity contribution < 1.29 is 0 Å². The molecule has 20 heavy (non-hydrogen) atoms. The van der Waals surface area contributed by atoms with Crippen LogP contribution >= 0.6 is 23.2 Å². The van der Waals surface area contributed by atoms with E-state index < -0.39 is 0 Å². The van der Waals surface area contributed by atoms with Crippen molar-refractivity contribution in [1.82, 2.24) is 5.32 Å². The molecule has 1 atom stereocenters. The van der Waals surface area contributed by atoms with Crippen molar-refractivity contribution >= 4 is 23.2 Å². The first-order valence-corrected chi connectivity index (χ1v) is 7.62. The van der Waals surface area contributed by atoms with E-state index in [4.69, 9.17) is 23.2 Å². The molecule has 0 aliphatic heterocycles. The average molecular weight is 308 g/mol. The van der Waals surface area contributed by atoms with Crippen molar-refractivity contribution in [2.24, 2.45) is 0 Å². The molecule has 0 heterocycles. The number of hydrogen-bond donors (Lipinski definition) is 1. The lowest BCUT2D eigenvalue weighted by atomic mass is 9.97. The van der Waals surface area contributed by atoms with Gasteiger partial charge in [-0.2, -0.15) is 0 Å². The van der Waals surface area contributed by atoms with Crippen LogP contribution in [-0.4, -0.2) is 6.54 Å². The smallest absolute Gasteiger partial charge is 0.0577 e. The predicted octanol–water partition coefficient (Wildman–Crippen LogP) is 5.39. The van der Waals surface area contributed by atoms with Crippen LogP contribution in [0.2, 0.25) is 10.0 Å². The quantitative estimate of drug-likeness (QED) is 0.780. The van der Waals surface area contributed by atoms with Gasteiger partial charge in [-0.05, 0) is 54.8 Å². The molecule has 2 rings (SSSR count). The van der Waals surface area contributed by atoms with Gasteiger partial charge in [-0.15, -0.1) is 0 Å².